The molecule has 0 aromatic heterocycles. The summed E-state index contributed by atoms with van der Waals surface area (Å²) in [7, 11) is 3.24. The molecule has 5 nitrogen and oxygen atoms in total. The van der Waals surface area contributed by atoms with Gasteiger partial charge in [0, 0.05) is 12.1 Å². The molecule has 1 aromatic rings. The average Bonchev–Trinajstić information content (AvgIpc) is 2.46. The first-order valence-electron chi connectivity index (χ1n) is 7.25. The van der Waals surface area contributed by atoms with Gasteiger partial charge in [-0.3, -0.25) is 4.79 Å². The van der Waals surface area contributed by atoms with Gasteiger partial charge in [0.2, 0.25) is 0 Å². The molecule has 1 aromatic carbocycles. The second kappa shape index (κ2) is 6.80. The predicted octanol–water partition coefficient (Wildman–Crippen LogP) is 2.23. The van der Waals surface area contributed by atoms with E-state index in [1.807, 2.05) is 19.1 Å². The van der Waals surface area contributed by atoms with Gasteiger partial charge in [0.1, 0.15) is 0 Å². The molecule has 1 aliphatic heterocycles. The van der Waals surface area contributed by atoms with E-state index in [4.69, 9.17) is 14.2 Å². The smallest absolute Gasteiger partial charge is 0.307 e. The Balaban J connectivity index is 2.33. The van der Waals surface area contributed by atoms with Crippen molar-refractivity contribution < 1.29 is 19.0 Å². The van der Waals surface area contributed by atoms with Crippen molar-refractivity contribution in [3.8, 4) is 11.5 Å². The van der Waals surface area contributed by atoms with Gasteiger partial charge in [0.15, 0.2) is 11.5 Å². The number of esters is 1. The van der Waals surface area contributed by atoms with Crippen LogP contribution in [0.1, 0.15) is 37.4 Å². The van der Waals surface area contributed by atoms with Crippen molar-refractivity contribution in [1.29, 1.82) is 0 Å². The summed E-state index contributed by atoms with van der Waals surface area (Å²) in [6, 6.07) is 4.21. The molecule has 0 bridgehead atoms. The fourth-order valence-corrected chi connectivity index (χ4v) is 2.82. The van der Waals surface area contributed by atoms with E-state index < -0.39 is 0 Å². The van der Waals surface area contributed by atoms with Crippen LogP contribution in [0.2, 0.25) is 0 Å². The number of carbonyl (C=O) groups excluding carboxylic acids is 1. The number of carbonyl (C=O) groups is 1. The predicted molar refractivity (Wildman–Crippen MR) is 79.8 cm³/mol. The van der Waals surface area contributed by atoms with Crippen molar-refractivity contribution in [3.05, 3.63) is 23.3 Å². The lowest BCUT2D eigenvalue weighted by Gasteiger charge is -2.31. The first-order chi connectivity index (χ1) is 10.1. The SMILES string of the molecule is CCOC(=O)C[C@@H]1N[C@H](C)Cc2cc(OC)c(OC)cc21. The van der Waals surface area contributed by atoms with Crippen molar-refractivity contribution in [2.24, 2.45) is 0 Å². The molecular formula is C16H23NO4. The summed E-state index contributed by atoms with van der Waals surface area (Å²) < 4.78 is 15.8. The van der Waals surface area contributed by atoms with Crippen LogP contribution in [0.3, 0.4) is 0 Å². The molecule has 0 radical (unpaired) electrons. The lowest BCUT2D eigenvalue weighted by molar-refractivity contribution is -0.143. The van der Waals surface area contributed by atoms with Gasteiger partial charge >= 0.3 is 5.97 Å². The number of methoxy groups -OCH3 is 2. The Morgan fingerprint density at radius 2 is 1.95 bits per heavy atom. The third-order valence-corrected chi connectivity index (χ3v) is 3.71. The van der Waals surface area contributed by atoms with E-state index in [2.05, 4.69) is 12.2 Å². The Bertz CT molecular complexity index is 515. The van der Waals surface area contributed by atoms with Gasteiger partial charge in [-0.1, -0.05) is 0 Å². The molecule has 0 unspecified atom stereocenters. The highest BCUT2D eigenvalue weighted by molar-refractivity contribution is 5.71. The summed E-state index contributed by atoms with van der Waals surface area (Å²) in [6.07, 6.45) is 1.22. The summed E-state index contributed by atoms with van der Waals surface area (Å²) >= 11 is 0. The van der Waals surface area contributed by atoms with Gasteiger partial charge in [-0.25, -0.2) is 0 Å². The zero-order valence-electron chi connectivity index (χ0n) is 13.1. The molecule has 0 spiro atoms. The Kier molecular flexibility index (Phi) is 5.07. The molecular weight excluding hydrogens is 270 g/mol. The first kappa shape index (κ1) is 15.6. The zero-order valence-corrected chi connectivity index (χ0v) is 13.1. The molecule has 0 saturated carbocycles. The van der Waals surface area contributed by atoms with Crippen molar-refractivity contribution in [3.63, 3.8) is 0 Å². The monoisotopic (exact) mass is 293 g/mol. The molecule has 1 N–H and O–H groups in total. The molecule has 0 fully saturated rings. The van der Waals surface area contributed by atoms with Gasteiger partial charge in [-0.15, -0.1) is 0 Å². The molecule has 2 rings (SSSR count). The molecule has 2 atom stereocenters. The third-order valence-electron chi connectivity index (χ3n) is 3.71. The molecule has 116 valence electrons. The van der Waals surface area contributed by atoms with Crippen LogP contribution in [-0.2, 0) is 16.0 Å². The number of ether oxygens (including phenoxy) is 3. The molecule has 0 saturated heterocycles. The first-order valence-corrected chi connectivity index (χ1v) is 7.25. The number of nitrogens with one attached hydrogen (secondary N) is 1. The van der Waals surface area contributed by atoms with Gasteiger partial charge < -0.3 is 19.5 Å². The Labute approximate surface area is 125 Å². The summed E-state index contributed by atoms with van der Waals surface area (Å²) in [4.78, 5) is 11.8. The van der Waals surface area contributed by atoms with E-state index in [1.165, 1.54) is 5.56 Å². The zero-order chi connectivity index (χ0) is 15.4. The number of benzene rings is 1. The maximum Gasteiger partial charge on any atom is 0.307 e. The highest BCUT2D eigenvalue weighted by Crippen LogP contribution is 2.37. The topological polar surface area (TPSA) is 56.8 Å². The lowest BCUT2D eigenvalue weighted by Crippen LogP contribution is -2.38. The van der Waals surface area contributed by atoms with Gasteiger partial charge in [-0.05, 0) is 43.5 Å². The highest BCUT2D eigenvalue weighted by atomic mass is 16.5. The normalized spacial score (nSPS) is 20.6. The molecule has 1 aliphatic rings. The van der Waals surface area contributed by atoms with Gasteiger partial charge in [0.25, 0.3) is 0 Å². The van der Waals surface area contributed by atoms with Crippen LogP contribution in [0.25, 0.3) is 0 Å². The minimum Gasteiger partial charge on any atom is -0.493 e. The Morgan fingerprint density at radius 3 is 2.57 bits per heavy atom. The van der Waals surface area contributed by atoms with E-state index >= 15 is 0 Å². The van der Waals surface area contributed by atoms with Crippen LogP contribution >= 0.6 is 0 Å². The van der Waals surface area contributed by atoms with Crippen LogP contribution in [0.4, 0.5) is 0 Å². The second-order valence-corrected chi connectivity index (χ2v) is 5.24. The third kappa shape index (κ3) is 3.47. The number of hydrogen-bond acceptors (Lipinski definition) is 5. The molecule has 5 heteroatoms. The van der Waals surface area contributed by atoms with Gasteiger partial charge in [-0.2, -0.15) is 0 Å². The molecule has 0 aliphatic carbocycles. The van der Waals surface area contributed by atoms with Crippen LogP contribution in [0, 0.1) is 0 Å². The highest BCUT2D eigenvalue weighted by Gasteiger charge is 2.28. The van der Waals surface area contributed by atoms with E-state index in [0.29, 0.717) is 24.8 Å². The molecule has 1 heterocycles. The van der Waals surface area contributed by atoms with Crippen molar-refractivity contribution >= 4 is 5.97 Å². The summed E-state index contributed by atoms with van der Waals surface area (Å²) in [5, 5.41) is 3.45. The summed E-state index contributed by atoms with van der Waals surface area (Å²) in [5.74, 6) is 1.21. The maximum absolute atomic E-state index is 11.8. The quantitative estimate of drug-likeness (QED) is 0.844. The Morgan fingerprint density at radius 1 is 1.29 bits per heavy atom. The van der Waals surface area contributed by atoms with Crippen LogP contribution < -0.4 is 14.8 Å². The molecule has 0 amide bonds. The van der Waals surface area contributed by atoms with E-state index in [1.54, 1.807) is 14.2 Å². The van der Waals surface area contributed by atoms with Crippen molar-refractivity contribution in [2.75, 3.05) is 20.8 Å². The summed E-state index contributed by atoms with van der Waals surface area (Å²) in [6.45, 7) is 4.33. The minimum absolute atomic E-state index is 0.0531. The van der Waals surface area contributed by atoms with E-state index in [9.17, 15) is 4.79 Å². The van der Waals surface area contributed by atoms with Crippen LogP contribution in [0.5, 0.6) is 11.5 Å². The largest absolute Gasteiger partial charge is 0.493 e. The summed E-state index contributed by atoms with van der Waals surface area (Å²) in [5.41, 5.74) is 2.27. The van der Waals surface area contributed by atoms with Crippen molar-refractivity contribution in [2.45, 2.75) is 38.8 Å². The number of rotatable bonds is 5. The van der Waals surface area contributed by atoms with Crippen LogP contribution in [0.15, 0.2) is 12.1 Å². The maximum atomic E-state index is 11.8. The number of fused-ring (bicyclic) bond motifs is 1. The standard InChI is InChI=1S/C16H23NO4/c1-5-21-16(18)9-13-12-8-15(20-4)14(19-3)7-11(12)6-10(2)17-13/h7-8,10,13,17H,5-6,9H2,1-4H3/t10-,13+/m1/s1. The minimum atomic E-state index is -0.190. The van der Waals surface area contributed by atoms with Crippen LogP contribution in [-0.4, -0.2) is 32.8 Å². The Hall–Kier alpha value is -1.75. The fraction of sp³-hybridized carbons (Fsp3) is 0.562. The number of hydrogen-bond donors (Lipinski definition) is 1. The second-order valence-electron chi connectivity index (χ2n) is 5.24. The average molecular weight is 293 g/mol. The lowest BCUT2D eigenvalue weighted by atomic mass is 9.88. The van der Waals surface area contributed by atoms with Crippen molar-refractivity contribution in [1.82, 2.24) is 5.32 Å². The molecule has 21 heavy (non-hydrogen) atoms. The van der Waals surface area contributed by atoms with Gasteiger partial charge in [0.05, 0.1) is 27.2 Å². The van der Waals surface area contributed by atoms with E-state index in [0.717, 1.165) is 17.7 Å². The fourth-order valence-electron chi connectivity index (χ4n) is 2.82. The van der Waals surface area contributed by atoms with E-state index in [-0.39, 0.29) is 12.0 Å².